The van der Waals surface area contributed by atoms with Gasteiger partial charge in [0.1, 0.15) is 17.6 Å². The number of aliphatic hydroxyl groups excluding tert-OH is 1. The average molecular weight is 242 g/mol. The van der Waals surface area contributed by atoms with E-state index in [1.165, 1.54) is 0 Å². The Hall–Kier alpha value is -2.00. The van der Waals surface area contributed by atoms with E-state index in [4.69, 9.17) is 4.74 Å². The van der Waals surface area contributed by atoms with E-state index >= 15 is 0 Å². The average Bonchev–Trinajstić information content (AvgIpc) is 2.39. The lowest BCUT2D eigenvalue weighted by Gasteiger charge is -2.30. The molecule has 0 aromatic heterocycles. The van der Waals surface area contributed by atoms with Crippen molar-refractivity contribution in [3.8, 4) is 11.5 Å². The minimum atomic E-state index is -0.565. The van der Waals surface area contributed by atoms with Gasteiger partial charge in [0.25, 0.3) is 0 Å². The fourth-order valence-electron chi connectivity index (χ4n) is 2.29. The zero-order chi connectivity index (χ0) is 12.5. The normalized spacial score (nSPS) is 22.1. The Labute approximate surface area is 105 Å². The first-order chi connectivity index (χ1) is 8.74. The number of hydrogen-bond donors (Lipinski definition) is 2. The molecule has 2 atom stereocenters. The lowest BCUT2D eigenvalue weighted by molar-refractivity contribution is 0.0208. The fraction of sp³-hybridized carbons (Fsp3) is 0.200. The maximum Gasteiger partial charge on any atom is 0.150 e. The van der Waals surface area contributed by atoms with Crippen LogP contribution in [0.15, 0.2) is 48.5 Å². The van der Waals surface area contributed by atoms with Crippen LogP contribution in [0.25, 0.3) is 0 Å². The monoisotopic (exact) mass is 242 g/mol. The Morgan fingerprint density at radius 3 is 2.50 bits per heavy atom. The summed E-state index contributed by atoms with van der Waals surface area (Å²) in [6, 6.07) is 14.5. The summed E-state index contributed by atoms with van der Waals surface area (Å²) in [6.45, 7) is 0. The highest BCUT2D eigenvalue weighted by molar-refractivity contribution is 5.38. The number of para-hydroxylation sites is 1. The molecular weight excluding hydrogens is 228 g/mol. The molecule has 1 heterocycles. The van der Waals surface area contributed by atoms with Gasteiger partial charge in [0.2, 0.25) is 0 Å². The van der Waals surface area contributed by atoms with Crippen LogP contribution in [0.3, 0.4) is 0 Å². The number of aliphatic hydroxyl groups is 1. The second-order valence-corrected chi connectivity index (χ2v) is 4.51. The standard InChI is InChI=1S/C15H14O3/c16-12-7-5-10(6-8-12)15-13(17)9-11-3-1-2-4-14(11)18-15/h1-8,13,15-17H,9H2. The largest absolute Gasteiger partial charge is 0.508 e. The molecule has 2 N–H and O–H groups in total. The van der Waals surface area contributed by atoms with Crippen LogP contribution in [0, 0.1) is 0 Å². The van der Waals surface area contributed by atoms with E-state index in [1.54, 1.807) is 24.3 Å². The molecule has 3 nitrogen and oxygen atoms in total. The summed E-state index contributed by atoms with van der Waals surface area (Å²) in [5.41, 5.74) is 1.90. The molecule has 0 amide bonds. The number of ether oxygens (including phenoxy) is 1. The molecule has 18 heavy (non-hydrogen) atoms. The molecule has 0 saturated carbocycles. The van der Waals surface area contributed by atoms with Gasteiger partial charge in [0.05, 0.1) is 6.10 Å². The van der Waals surface area contributed by atoms with E-state index < -0.39 is 6.10 Å². The van der Waals surface area contributed by atoms with Gasteiger partial charge in [-0.05, 0) is 29.3 Å². The van der Waals surface area contributed by atoms with Gasteiger partial charge in [-0.3, -0.25) is 0 Å². The summed E-state index contributed by atoms with van der Waals surface area (Å²) >= 11 is 0. The summed E-state index contributed by atoms with van der Waals surface area (Å²) in [5.74, 6) is 1.03. The smallest absolute Gasteiger partial charge is 0.150 e. The van der Waals surface area contributed by atoms with Crippen LogP contribution in [0.2, 0.25) is 0 Å². The highest BCUT2D eigenvalue weighted by atomic mass is 16.5. The summed E-state index contributed by atoms with van der Waals surface area (Å²) in [6.07, 6.45) is -0.355. The number of benzene rings is 2. The first-order valence-electron chi connectivity index (χ1n) is 5.95. The quantitative estimate of drug-likeness (QED) is 0.807. The predicted octanol–water partition coefficient (Wildman–Crippen LogP) is 2.43. The highest BCUT2D eigenvalue weighted by Crippen LogP contribution is 2.35. The van der Waals surface area contributed by atoms with E-state index in [9.17, 15) is 10.2 Å². The third-order valence-electron chi connectivity index (χ3n) is 3.23. The first-order valence-corrected chi connectivity index (χ1v) is 5.95. The molecule has 0 fully saturated rings. The number of rotatable bonds is 1. The van der Waals surface area contributed by atoms with Gasteiger partial charge in [0.15, 0.2) is 0 Å². The number of phenols is 1. The highest BCUT2D eigenvalue weighted by Gasteiger charge is 2.29. The Morgan fingerprint density at radius 1 is 1.00 bits per heavy atom. The van der Waals surface area contributed by atoms with Gasteiger partial charge in [-0.1, -0.05) is 30.3 Å². The van der Waals surface area contributed by atoms with Crippen molar-refractivity contribution in [2.24, 2.45) is 0 Å². The van der Waals surface area contributed by atoms with Crippen LogP contribution in [0.4, 0.5) is 0 Å². The van der Waals surface area contributed by atoms with Crippen molar-refractivity contribution in [3.05, 3.63) is 59.7 Å². The molecule has 0 bridgehead atoms. The van der Waals surface area contributed by atoms with Crippen LogP contribution < -0.4 is 4.74 Å². The zero-order valence-electron chi connectivity index (χ0n) is 9.78. The number of phenolic OH excluding ortho intramolecular Hbond substituents is 1. The topological polar surface area (TPSA) is 49.7 Å². The minimum absolute atomic E-state index is 0.212. The van der Waals surface area contributed by atoms with E-state index in [0.717, 1.165) is 16.9 Å². The maximum absolute atomic E-state index is 10.2. The third kappa shape index (κ3) is 1.93. The first kappa shape index (κ1) is 11.1. The van der Waals surface area contributed by atoms with Gasteiger partial charge in [-0.15, -0.1) is 0 Å². The van der Waals surface area contributed by atoms with E-state index in [0.29, 0.717) is 6.42 Å². The van der Waals surface area contributed by atoms with Crippen molar-refractivity contribution in [2.45, 2.75) is 18.6 Å². The Kier molecular flexibility index (Phi) is 2.68. The molecule has 3 rings (SSSR count). The molecule has 2 unspecified atom stereocenters. The summed E-state index contributed by atoms with van der Waals surface area (Å²) in [5, 5.41) is 19.4. The minimum Gasteiger partial charge on any atom is -0.508 e. The lowest BCUT2D eigenvalue weighted by atomic mass is 9.95. The summed E-state index contributed by atoms with van der Waals surface area (Å²) < 4.78 is 5.84. The number of fused-ring (bicyclic) bond motifs is 1. The maximum atomic E-state index is 10.2. The van der Waals surface area contributed by atoms with Crippen LogP contribution >= 0.6 is 0 Å². The zero-order valence-corrected chi connectivity index (χ0v) is 9.78. The second kappa shape index (κ2) is 4.35. The predicted molar refractivity (Wildman–Crippen MR) is 67.6 cm³/mol. The van der Waals surface area contributed by atoms with Gasteiger partial charge < -0.3 is 14.9 Å². The fourth-order valence-corrected chi connectivity index (χ4v) is 2.29. The van der Waals surface area contributed by atoms with E-state index in [1.807, 2.05) is 24.3 Å². The van der Waals surface area contributed by atoms with Crippen LogP contribution in [0.1, 0.15) is 17.2 Å². The molecule has 2 aromatic carbocycles. The van der Waals surface area contributed by atoms with Gasteiger partial charge in [-0.2, -0.15) is 0 Å². The van der Waals surface area contributed by atoms with Crippen molar-refractivity contribution < 1.29 is 14.9 Å². The molecular formula is C15H14O3. The summed E-state index contributed by atoms with van der Waals surface area (Å²) in [4.78, 5) is 0. The van der Waals surface area contributed by atoms with Crippen molar-refractivity contribution in [2.75, 3.05) is 0 Å². The van der Waals surface area contributed by atoms with E-state index in [-0.39, 0.29) is 11.9 Å². The Morgan fingerprint density at radius 2 is 1.72 bits per heavy atom. The van der Waals surface area contributed by atoms with E-state index in [2.05, 4.69) is 0 Å². The van der Waals surface area contributed by atoms with Gasteiger partial charge in [-0.25, -0.2) is 0 Å². The molecule has 3 heteroatoms. The van der Waals surface area contributed by atoms with Gasteiger partial charge >= 0.3 is 0 Å². The van der Waals surface area contributed by atoms with Gasteiger partial charge in [0, 0.05) is 6.42 Å². The number of hydrogen-bond acceptors (Lipinski definition) is 3. The van der Waals surface area contributed by atoms with Crippen LogP contribution in [0.5, 0.6) is 11.5 Å². The molecule has 2 aromatic rings. The third-order valence-corrected chi connectivity index (χ3v) is 3.23. The molecule has 0 aliphatic carbocycles. The Balaban J connectivity index is 1.93. The number of aromatic hydroxyl groups is 1. The van der Waals surface area contributed by atoms with Crippen molar-refractivity contribution >= 4 is 0 Å². The molecule has 0 radical (unpaired) electrons. The molecule has 1 aliphatic rings. The Bertz CT molecular complexity index is 548. The van der Waals surface area contributed by atoms with Crippen LogP contribution in [-0.2, 0) is 6.42 Å². The van der Waals surface area contributed by atoms with Crippen LogP contribution in [-0.4, -0.2) is 16.3 Å². The second-order valence-electron chi connectivity index (χ2n) is 4.51. The SMILES string of the molecule is Oc1ccc(C2Oc3ccccc3CC2O)cc1. The van der Waals surface area contributed by atoms with Crippen molar-refractivity contribution in [1.82, 2.24) is 0 Å². The molecule has 0 saturated heterocycles. The molecule has 0 spiro atoms. The van der Waals surface area contributed by atoms with Crippen molar-refractivity contribution in [1.29, 1.82) is 0 Å². The summed E-state index contributed by atoms with van der Waals surface area (Å²) in [7, 11) is 0. The molecule has 1 aliphatic heterocycles. The molecule has 92 valence electrons. The van der Waals surface area contributed by atoms with Crippen molar-refractivity contribution in [3.63, 3.8) is 0 Å². The lowest BCUT2D eigenvalue weighted by Crippen LogP contribution is -2.30.